The van der Waals surface area contributed by atoms with Crippen LogP contribution in [0, 0.1) is 11.8 Å². The molecule has 0 aromatic rings. The lowest BCUT2D eigenvalue weighted by Gasteiger charge is -2.30. The van der Waals surface area contributed by atoms with E-state index in [9.17, 15) is 4.79 Å². The van der Waals surface area contributed by atoms with Gasteiger partial charge in [-0.15, -0.1) is 0 Å². The van der Waals surface area contributed by atoms with Gasteiger partial charge in [-0.25, -0.2) is 0 Å². The Morgan fingerprint density at radius 1 is 1.17 bits per heavy atom. The van der Waals surface area contributed by atoms with Crippen LogP contribution in [0.1, 0.15) is 77.6 Å². The van der Waals surface area contributed by atoms with E-state index in [1.165, 1.54) is 56.9 Å². The summed E-state index contributed by atoms with van der Waals surface area (Å²) in [6.45, 7) is 2.28. The summed E-state index contributed by atoms with van der Waals surface area (Å²) in [5.74, 6) is 2.02. The van der Waals surface area contributed by atoms with Crippen LogP contribution in [0.3, 0.4) is 0 Å². The van der Waals surface area contributed by atoms with E-state index in [0.717, 1.165) is 25.2 Å². The highest BCUT2D eigenvalue weighted by molar-refractivity contribution is 5.96. The third kappa shape index (κ3) is 3.70. The fourth-order valence-electron chi connectivity index (χ4n) is 3.62. The summed E-state index contributed by atoms with van der Waals surface area (Å²) < 4.78 is 0. The molecule has 1 nitrogen and oxygen atoms in total. The van der Waals surface area contributed by atoms with Crippen LogP contribution in [0.5, 0.6) is 0 Å². The van der Waals surface area contributed by atoms with Crippen LogP contribution in [0.4, 0.5) is 0 Å². The maximum atomic E-state index is 11.9. The van der Waals surface area contributed by atoms with Crippen molar-refractivity contribution in [2.75, 3.05) is 0 Å². The summed E-state index contributed by atoms with van der Waals surface area (Å²) in [4.78, 5) is 11.9. The Labute approximate surface area is 112 Å². The van der Waals surface area contributed by atoms with E-state index in [1.54, 1.807) is 0 Å². The first-order valence-electron chi connectivity index (χ1n) is 8.04. The number of allylic oxidation sites excluding steroid dienone is 2. The molecule has 0 amide bonds. The van der Waals surface area contributed by atoms with Crippen molar-refractivity contribution in [3.63, 3.8) is 0 Å². The van der Waals surface area contributed by atoms with Gasteiger partial charge in [0, 0.05) is 6.42 Å². The number of carbonyl (C=O) groups is 1. The minimum absolute atomic E-state index is 0.454. The molecule has 2 rings (SSSR count). The fourth-order valence-corrected chi connectivity index (χ4v) is 3.62. The average Bonchev–Trinajstić information content (AvgIpc) is 2.41. The predicted octanol–water partition coefficient (Wildman–Crippen LogP) is 5.05. The largest absolute Gasteiger partial charge is 0.295 e. The summed E-state index contributed by atoms with van der Waals surface area (Å²) in [6, 6.07) is 0. The van der Waals surface area contributed by atoms with Gasteiger partial charge in [0.2, 0.25) is 0 Å². The SMILES string of the molecule is CCCCCC1CCC(C2=CCCCC2=O)CC1. The second-order valence-corrected chi connectivity index (χ2v) is 6.19. The van der Waals surface area contributed by atoms with Gasteiger partial charge < -0.3 is 0 Å². The number of hydrogen-bond donors (Lipinski definition) is 0. The van der Waals surface area contributed by atoms with E-state index in [-0.39, 0.29) is 0 Å². The molecule has 0 spiro atoms. The molecule has 0 heterocycles. The maximum absolute atomic E-state index is 11.9. The van der Waals surface area contributed by atoms with E-state index < -0.39 is 0 Å². The van der Waals surface area contributed by atoms with Crippen LogP contribution in [0.15, 0.2) is 11.6 Å². The second-order valence-electron chi connectivity index (χ2n) is 6.19. The summed E-state index contributed by atoms with van der Waals surface area (Å²) in [5, 5.41) is 0. The van der Waals surface area contributed by atoms with Crippen molar-refractivity contribution in [3.05, 3.63) is 11.6 Å². The molecule has 2 aliphatic rings. The normalized spacial score (nSPS) is 29.2. The summed E-state index contributed by atoms with van der Waals surface area (Å²) in [7, 11) is 0. The zero-order valence-electron chi connectivity index (χ0n) is 11.9. The summed E-state index contributed by atoms with van der Waals surface area (Å²) in [6.07, 6.45) is 16.1. The van der Waals surface area contributed by atoms with Crippen molar-refractivity contribution < 1.29 is 4.79 Å². The molecule has 0 aromatic heterocycles. The number of Topliss-reactive ketones (excluding diaryl/α,β-unsaturated/α-hetero) is 1. The second kappa shape index (κ2) is 7.11. The van der Waals surface area contributed by atoms with E-state index in [1.807, 2.05) is 0 Å². The lowest BCUT2D eigenvalue weighted by atomic mass is 9.74. The number of ketones is 1. The number of carbonyl (C=O) groups excluding carboxylic acids is 1. The molecule has 0 aliphatic heterocycles. The van der Waals surface area contributed by atoms with Gasteiger partial charge in [-0.05, 0) is 55.9 Å². The molecule has 2 aliphatic carbocycles. The Morgan fingerprint density at radius 3 is 2.61 bits per heavy atom. The minimum atomic E-state index is 0.454. The van der Waals surface area contributed by atoms with Crippen molar-refractivity contribution in [1.29, 1.82) is 0 Å². The summed E-state index contributed by atoms with van der Waals surface area (Å²) in [5.41, 5.74) is 1.20. The van der Waals surface area contributed by atoms with Gasteiger partial charge in [0.15, 0.2) is 5.78 Å². The monoisotopic (exact) mass is 248 g/mol. The molecule has 102 valence electrons. The van der Waals surface area contributed by atoms with E-state index in [2.05, 4.69) is 13.0 Å². The maximum Gasteiger partial charge on any atom is 0.158 e. The van der Waals surface area contributed by atoms with Gasteiger partial charge in [-0.1, -0.05) is 38.7 Å². The van der Waals surface area contributed by atoms with Crippen LogP contribution in [0.2, 0.25) is 0 Å². The van der Waals surface area contributed by atoms with Gasteiger partial charge in [0.1, 0.15) is 0 Å². The standard InChI is InChI=1S/C17H28O/c1-2-3-4-7-14-10-12-15(13-11-14)16-8-5-6-9-17(16)18/h8,14-15H,2-7,9-13H2,1H3. The van der Waals surface area contributed by atoms with Gasteiger partial charge in [-0.2, -0.15) is 0 Å². The lowest BCUT2D eigenvalue weighted by molar-refractivity contribution is -0.116. The van der Waals surface area contributed by atoms with Crippen LogP contribution >= 0.6 is 0 Å². The molecule has 1 heteroatoms. The molecule has 1 saturated carbocycles. The van der Waals surface area contributed by atoms with Crippen LogP contribution in [-0.4, -0.2) is 5.78 Å². The van der Waals surface area contributed by atoms with Crippen molar-refractivity contribution in [1.82, 2.24) is 0 Å². The third-order valence-electron chi connectivity index (χ3n) is 4.80. The molecule has 0 unspecified atom stereocenters. The van der Waals surface area contributed by atoms with Gasteiger partial charge in [-0.3, -0.25) is 4.79 Å². The topological polar surface area (TPSA) is 17.1 Å². The molecular weight excluding hydrogens is 220 g/mol. The number of unbranched alkanes of at least 4 members (excludes halogenated alkanes) is 2. The van der Waals surface area contributed by atoms with E-state index >= 15 is 0 Å². The highest BCUT2D eigenvalue weighted by Crippen LogP contribution is 2.37. The van der Waals surface area contributed by atoms with Crippen LogP contribution in [0.25, 0.3) is 0 Å². The van der Waals surface area contributed by atoms with Gasteiger partial charge in [0.25, 0.3) is 0 Å². The molecule has 0 saturated heterocycles. The van der Waals surface area contributed by atoms with Crippen molar-refractivity contribution in [2.24, 2.45) is 11.8 Å². The molecule has 1 fully saturated rings. The molecular formula is C17H28O. The first-order valence-corrected chi connectivity index (χ1v) is 8.04. The Bertz CT molecular complexity index is 295. The van der Waals surface area contributed by atoms with Gasteiger partial charge in [0.05, 0.1) is 0 Å². The van der Waals surface area contributed by atoms with Crippen molar-refractivity contribution in [3.8, 4) is 0 Å². The quantitative estimate of drug-likeness (QED) is 0.622. The molecule has 0 aromatic carbocycles. The Balaban J connectivity index is 1.76. The first-order chi connectivity index (χ1) is 8.81. The molecule has 0 radical (unpaired) electrons. The Hall–Kier alpha value is -0.590. The Morgan fingerprint density at radius 2 is 1.94 bits per heavy atom. The van der Waals surface area contributed by atoms with Gasteiger partial charge >= 0.3 is 0 Å². The van der Waals surface area contributed by atoms with E-state index in [0.29, 0.717) is 11.7 Å². The van der Waals surface area contributed by atoms with Crippen LogP contribution in [-0.2, 0) is 4.79 Å². The molecule has 0 N–H and O–H groups in total. The smallest absolute Gasteiger partial charge is 0.158 e. The summed E-state index contributed by atoms with van der Waals surface area (Å²) >= 11 is 0. The number of hydrogen-bond acceptors (Lipinski definition) is 1. The molecule has 0 atom stereocenters. The molecule has 18 heavy (non-hydrogen) atoms. The third-order valence-corrected chi connectivity index (χ3v) is 4.80. The van der Waals surface area contributed by atoms with Crippen LogP contribution < -0.4 is 0 Å². The minimum Gasteiger partial charge on any atom is -0.295 e. The van der Waals surface area contributed by atoms with Crippen molar-refractivity contribution in [2.45, 2.75) is 77.6 Å². The van der Waals surface area contributed by atoms with E-state index in [4.69, 9.17) is 0 Å². The first kappa shape index (κ1) is 13.8. The average molecular weight is 248 g/mol. The van der Waals surface area contributed by atoms with Crippen molar-refractivity contribution >= 4 is 5.78 Å². The lowest BCUT2D eigenvalue weighted by Crippen LogP contribution is -2.21. The highest BCUT2D eigenvalue weighted by atomic mass is 16.1. The number of rotatable bonds is 5. The predicted molar refractivity (Wildman–Crippen MR) is 76.5 cm³/mol. The fraction of sp³-hybridized carbons (Fsp3) is 0.824. The highest BCUT2D eigenvalue weighted by Gasteiger charge is 2.27. The zero-order chi connectivity index (χ0) is 12.8. The zero-order valence-corrected chi connectivity index (χ0v) is 11.9. The molecule has 0 bridgehead atoms. The Kier molecular flexibility index (Phi) is 5.46.